The van der Waals surface area contributed by atoms with Crippen molar-refractivity contribution >= 4 is 17.6 Å². The first kappa shape index (κ1) is 28.8. The molecule has 1 unspecified atom stereocenters. The van der Waals surface area contributed by atoms with Crippen LogP contribution in [0.15, 0.2) is 42.5 Å². The SMILES string of the molecule is COc1ccc(C(=O)N2CCC(C)(C#N)CC2)c(N2CCC(COc3cccc(C(CC(=O)O)C4CC4)c3)CC2)c1. The van der Waals surface area contributed by atoms with Crippen molar-refractivity contribution in [3.63, 3.8) is 0 Å². The summed E-state index contributed by atoms with van der Waals surface area (Å²) < 4.78 is 11.7. The predicted molar refractivity (Wildman–Crippen MR) is 156 cm³/mol. The molecule has 0 aromatic heterocycles. The summed E-state index contributed by atoms with van der Waals surface area (Å²) in [6.45, 7) is 5.40. The van der Waals surface area contributed by atoms with E-state index in [1.54, 1.807) is 7.11 Å². The second kappa shape index (κ2) is 12.4. The van der Waals surface area contributed by atoms with Gasteiger partial charge in [-0.2, -0.15) is 5.26 Å². The van der Waals surface area contributed by atoms with E-state index in [1.165, 1.54) is 0 Å². The van der Waals surface area contributed by atoms with Crippen LogP contribution in [-0.2, 0) is 4.79 Å². The summed E-state index contributed by atoms with van der Waals surface area (Å²) >= 11 is 0. The van der Waals surface area contributed by atoms with E-state index < -0.39 is 5.97 Å². The second-order valence-corrected chi connectivity index (χ2v) is 12.2. The molecule has 1 saturated carbocycles. The zero-order chi connectivity index (χ0) is 29.0. The summed E-state index contributed by atoms with van der Waals surface area (Å²) in [5.41, 5.74) is 2.29. The van der Waals surface area contributed by atoms with Crippen LogP contribution in [0.3, 0.4) is 0 Å². The lowest BCUT2D eigenvalue weighted by Gasteiger charge is -2.37. The van der Waals surface area contributed by atoms with Crippen LogP contribution in [0.25, 0.3) is 0 Å². The number of nitrogens with zero attached hydrogens (tertiary/aromatic N) is 3. The van der Waals surface area contributed by atoms with Crippen LogP contribution in [0.5, 0.6) is 11.5 Å². The first-order chi connectivity index (χ1) is 19.8. The van der Waals surface area contributed by atoms with Gasteiger partial charge in [0.05, 0.1) is 42.9 Å². The smallest absolute Gasteiger partial charge is 0.303 e. The van der Waals surface area contributed by atoms with Crippen molar-refractivity contribution < 1.29 is 24.2 Å². The molecule has 0 bridgehead atoms. The van der Waals surface area contributed by atoms with Crippen LogP contribution >= 0.6 is 0 Å². The summed E-state index contributed by atoms with van der Waals surface area (Å²) in [5.74, 6) is 1.70. The standard InChI is InChI=1S/C33H41N3O5/c1-33(22-34)12-16-36(17-13-33)32(39)28-9-8-26(40-2)19-30(28)35-14-10-23(11-15-35)21-41-27-5-3-4-25(18-27)29(20-31(37)38)24-6-7-24/h3-5,8-9,18-19,23-24,29H,6-7,10-17,20-21H2,1-2H3,(H,37,38). The lowest BCUT2D eigenvalue weighted by Crippen LogP contribution is -2.42. The number of amides is 1. The minimum atomic E-state index is -0.751. The molecule has 2 saturated heterocycles. The summed E-state index contributed by atoms with van der Waals surface area (Å²) in [6.07, 6.45) is 5.63. The Kier molecular flexibility index (Phi) is 8.72. The second-order valence-electron chi connectivity index (χ2n) is 12.2. The maximum Gasteiger partial charge on any atom is 0.303 e. The Labute approximate surface area is 242 Å². The summed E-state index contributed by atoms with van der Waals surface area (Å²) in [6, 6.07) is 16.1. The van der Waals surface area contributed by atoms with Gasteiger partial charge in [0.2, 0.25) is 0 Å². The van der Waals surface area contributed by atoms with E-state index in [2.05, 4.69) is 11.0 Å². The number of piperidine rings is 2. The molecule has 8 nitrogen and oxygen atoms in total. The average molecular weight is 560 g/mol. The van der Waals surface area contributed by atoms with Crippen LogP contribution < -0.4 is 14.4 Å². The zero-order valence-electron chi connectivity index (χ0n) is 24.2. The number of nitriles is 1. The minimum absolute atomic E-state index is 0.0142. The Balaban J connectivity index is 1.20. The maximum absolute atomic E-state index is 13.6. The molecule has 3 aliphatic rings. The molecule has 0 spiro atoms. The molecule has 41 heavy (non-hydrogen) atoms. The van der Waals surface area contributed by atoms with Crippen molar-refractivity contribution in [3.8, 4) is 17.6 Å². The fourth-order valence-electron chi connectivity index (χ4n) is 6.20. The number of benzene rings is 2. The topological polar surface area (TPSA) is 103 Å². The number of hydrogen-bond acceptors (Lipinski definition) is 6. The van der Waals surface area contributed by atoms with Gasteiger partial charge in [-0.3, -0.25) is 9.59 Å². The highest BCUT2D eigenvalue weighted by Crippen LogP contribution is 2.45. The van der Waals surface area contributed by atoms with Crippen LogP contribution in [0.4, 0.5) is 5.69 Å². The molecule has 3 fully saturated rings. The van der Waals surface area contributed by atoms with Crippen molar-refractivity contribution in [2.24, 2.45) is 17.3 Å². The van der Waals surface area contributed by atoms with Gasteiger partial charge in [0.1, 0.15) is 11.5 Å². The molecule has 2 aliphatic heterocycles. The number of anilines is 1. The van der Waals surface area contributed by atoms with Crippen LogP contribution in [0, 0.1) is 28.6 Å². The van der Waals surface area contributed by atoms with Crippen LogP contribution in [-0.4, -0.2) is 61.8 Å². The lowest BCUT2D eigenvalue weighted by atomic mass is 9.82. The lowest BCUT2D eigenvalue weighted by molar-refractivity contribution is -0.137. The van der Waals surface area contributed by atoms with E-state index in [1.807, 2.05) is 54.3 Å². The van der Waals surface area contributed by atoms with E-state index in [-0.39, 0.29) is 23.7 Å². The van der Waals surface area contributed by atoms with E-state index in [0.29, 0.717) is 49.9 Å². The van der Waals surface area contributed by atoms with E-state index in [4.69, 9.17) is 9.47 Å². The normalized spacial score (nSPS) is 19.7. The number of carboxylic acid groups (broad SMARTS) is 1. The van der Waals surface area contributed by atoms with Gasteiger partial charge in [0.25, 0.3) is 5.91 Å². The molecular formula is C33H41N3O5. The highest BCUT2D eigenvalue weighted by atomic mass is 16.5. The van der Waals surface area contributed by atoms with Crippen molar-refractivity contribution in [1.29, 1.82) is 5.26 Å². The van der Waals surface area contributed by atoms with Crippen molar-refractivity contribution in [2.75, 3.05) is 44.8 Å². The Morgan fingerprint density at radius 1 is 1.05 bits per heavy atom. The number of hydrogen-bond donors (Lipinski definition) is 1. The van der Waals surface area contributed by atoms with Gasteiger partial charge < -0.3 is 24.4 Å². The van der Waals surface area contributed by atoms with Gasteiger partial charge in [0.15, 0.2) is 0 Å². The first-order valence-corrected chi connectivity index (χ1v) is 14.9. The number of likely N-dealkylation sites (tertiary alicyclic amines) is 1. The molecular weight excluding hydrogens is 518 g/mol. The highest BCUT2D eigenvalue weighted by molar-refractivity contribution is 6.00. The van der Waals surface area contributed by atoms with Crippen LogP contribution in [0.2, 0.25) is 0 Å². The Hall–Kier alpha value is -3.73. The van der Waals surface area contributed by atoms with Gasteiger partial charge >= 0.3 is 5.97 Å². The number of carbonyl (C=O) groups excluding carboxylic acids is 1. The predicted octanol–water partition coefficient (Wildman–Crippen LogP) is 5.72. The van der Waals surface area contributed by atoms with Gasteiger partial charge in [-0.25, -0.2) is 0 Å². The summed E-state index contributed by atoms with van der Waals surface area (Å²) in [4.78, 5) is 29.1. The van der Waals surface area contributed by atoms with Gasteiger partial charge in [0, 0.05) is 32.2 Å². The number of carboxylic acids is 1. The molecule has 2 aromatic carbocycles. The molecule has 1 atom stereocenters. The maximum atomic E-state index is 13.6. The molecule has 1 amide bonds. The summed E-state index contributed by atoms with van der Waals surface area (Å²) in [5, 5.41) is 18.8. The molecule has 8 heteroatoms. The van der Waals surface area contributed by atoms with Gasteiger partial charge in [-0.1, -0.05) is 12.1 Å². The largest absolute Gasteiger partial charge is 0.497 e. The molecule has 5 rings (SSSR count). The number of ether oxygens (including phenoxy) is 2. The number of carbonyl (C=O) groups is 2. The van der Waals surface area contributed by atoms with Gasteiger partial charge in [-0.05, 0) is 93.0 Å². The Morgan fingerprint density at radius 2 is 1.78 bits per heavy atom. The quantitative estimate of drug-likeness (QED) is 0.397. The molecule has 0 radical (unpaired) electrons. The fourth-order valence-corrected chi connectivity index (χ4v) is 6.20. The van der Waals surface area contributed by atoms with Crippen molar-refractivity contribution in [2.45, 2.75) is 57.8 Å². The number of rotatable bonds is 10. The molecule has 1 N–H and O–H groups in total. The fraction of sp³-hybridized carbons (Fsp3) is 0.545. The van der Waals surface area contributed by atoms with E-state index >= 15 is 0 Å². The van der Waals surface area contributed by atoms with Crippen molar-refractivity contribution in [1.82, 2.24) is 4.90 Å². The molecule has 1 aliphatic carbocycles. The monoisotopic (exact) mass is 559 g/mol. The third-order valence-corrected chi connectivity index (χ3v) is 9.17. The average Bonchev–Trinajstić information content (AvgIpc) is 3.84. The minimum Gasteiger partial charge on any atom is -0.497 e. The Bertz CT molecular complexity index is 1280. The number of methoxy groups -OCH3 is 1. The van der Waals surface area contributed by atoms with E-state index in [0.717, 1.165) is 61.5 Å². The third-order valence-electron chi connectivity index (χ3n) is 9.17. The van der Waals surface area contributed by atoms with Gasteiger partial charge in [-0.15, -0.1) is 0 Å². The molecule has 2 aromatic rings. The Morgan fingerprint density at radius 3 is 2.41 bits per heavy atom. The van der Waals surface area contributed by atoms with Crippen LogP contribution in [0.1, 0.15) is 73.7 Å². The van der Waals surface area contributed by atoms with E-state index in [9.17, 15) is 20.0 Å². The zero-order valence-corrected chi connectivity index (χ0v) is 24.2. The summed E-state index contributed by atoms with van der Waals surface area (Å²) in [7, 11) is 1.64. The first-order valence-electron chi connectivity index (χ1n) is 14.9. The molecule has 218 valence electrons. The third kappa shape index (κ3) is 6.95. The van der Waals surface area contributed by atoms with Crippen molar-refractivity contribution in [3.05, 3.63) is 53.6 Å². The molecule has 2 heterocycles. The highest BCUT2D eigenvalue weighted by Gasteiger charge is 2.35. The number of aliphatic carboxylic acids is 1.